The van der Waals surface area contributed by atoms with Crippen molar-refractivity contribution in [3.8, 4) is 0 Å². The molecular formula is C15H20N2O2. The van der Waals surface area contributed by atoms with E-state index in [-0.39, 0.29) is 28.6 Å². The molecular weight excluding hydrogens is 240 g/mol. The molecule has 2 atom stereocenters. The lowest BCUT2D eigenvalue weighted by Crippen LogP contribution is -2.21. The highest BCUT2D eigenvalue weighted by Crippen LogP contribution is 2.59. The molecule has 0 spiro atoms. The Balaban J connectivity index is 2.13. The zero-order valence-electron chi connectivity index (χ0n) is 11.8. The third-order valence-corrected chi connectivity index (χ3v) is 3.79. The first-order chi connectivity index (χ1) is 8.84. The molecule has 1 fully saturated rings. The van der Waals surface area contributed by atoms with E-state index in [2.05, 4.69) is 30.2 Å². The van der Waals surface area contributed by atoms with Crippen LogP contribution in [0.3, 0.4) is 0 Å². The Hall–Kier alpha value is -1.84. The van der Waals surface area contributed by atoms with Crippen molar-refractivity contribution < 1.29 is 4.79 Å². The van der Waals surface area contributed by atoms with E-state index >= 15 is 0 Å². The summed E-state index contributed by atoms with van der Waals surface area (Å²) < 4.78 is 0. The lowest BCUT2D eigenvalue weighted by molar-refractivity contribution is -0.118. The van der Waals surface area contributed by atoms with Crippen LogP contribution in [0.5, 0.6) is 0 Å². The number of hydrogen-bond donors (Lipinski definition) is 2. The van der Waals surface area contributed by atoms with Crippen LogP contribution in [0.1, 0.15) is 27.7 Å². The molecule has 102 valence electrons. The molecule has 0 aliphatic heterocycles. The van der Waals surface area contributed by atoms with Crippen LogP contribution in [0.2, 0.25) is 0 Å². The van der Waals surface area contributed by atoms with Gasteiger partial charge in [0.05, 0.1) is 5.92 Å². The second-order valence-electron chi connectivity index (χ2n) is 5.98. The first-order valence-corrected chi connectivity index (χ1v) is 6.47. The van der Waals surface area contributed by atoms with Crippen molar-refractivity contribution in [2.75, 3.05) is 5.32 Å². The quantitative estimate of drug-likeness (QED) is 0.820. The summed E-state index contributed by atoms with van der Waals surface area (Å²) in [5, 5.41) is 2.72. The molecule has 0 radical (unpaired) electrons. The largest absolute Gasteiger partial charge is 0.366 e. The number of hydrogen-bond acceptors (Lipinski definition) is 2. The average molecular weight is 260 g/mol. The number of amides is 1. The van der Waals surface area contributed by atoms with E-state index in [1.807, 2.05) is 13.8 Å². The van der Waals surface area contributed by atoms with Crippen molar-refractivity contribution in [3.05, 3.63) is 40.3 Å². The fourth-order valence-corrected chi connectivity index (χ4v) is 2.57. The van der Waals surface area contributed by atoms with Crippen molar-refractivity contribution in [1.29, 1.82) is 0 Å². The summed E-state index contributed by atoms with van der Waals surface area (Å²) in [6.45, 7) is 8.23. The number of pyridine rings is 1. The Morgan fingerprint density at radius 3 is 2.68 bits per heavy atom. The van der Waals surface area contributed by atoms with Crippen molar-refractivity contribution in [1.82, 2.24) is 4.98 Å². The molecule has 1 amide bonds. The second-order valence-corrected chi connectivity index (χ2v) is 5.98. The molecule has 19 heavy (non-hydrogen) atoms. The number of allylic oxidation sites excluding steroid dienone is 2. The Kier molecular flexibility index (Phi) is 3.35. The van der Waals surface area contributed by atoms with Gasteiger partial charge in [0.1, 0.15) is 5.69 Å². The Labute approximate surface area is 112 Å². The maximum atomic E-state index is 12.2. The summed E-state index contributed by atoms with van der Waals surface area (Å²) in [7, 11) is 0. The summed E-state index contributed by atoms with van der Waals surface area (Å²) >= 11 is 0. The number of aromatic nitrogens is 1. The number of aromatic amines is 1. The van der Waals surface area contributed by atoms with Crippen LogP contribution >= 0.6 is 0 Å². The van der Waals surface area contributed by atoms with Crippen molar-refractivity contribution in [3.63, 3.8) is 0 Å². The maximum absolute atomic E-state index is 12.2. The number of H-pyrrole nitrogens is 1. The van der Waals surface area contributed by atoms with Gasteiger partial charge < -0.3 is 10.3 Å². The fourth-order valence-electron chi connectivity index (χ4n) is 2.57. The van der Waals surface area contributed by atoms with Crippen LogP contribution in [-0.4, -0.2) is 10.9 Å². The minimum atomic E-state index is -0.177. The monoisotopic (exact) mass is 260 g/mol. The smallest absolute Gasteiger partial charge is 0.228 e. The van der Waals surface area contributed by atoms with Crippen LogP contribution in [0.15, 0.2) is 34.9 Å². The van der Waals surface area contributed by atoms with Gasteiger partial charge in [-0.05, 0) is 25.2 Å². The van der Waals surface area contributed by atoms with E-state index in [1.54, 1.807) is 6.20 Å². The molecule has 1 aliphatic carbocycles. The maximum Gasteiger partial charge on any atom is 0.228 e. The summed E-state index contributed by atoms with van der Waals surface area (Å²) in [6.07, 6.45) is 5.20. The number of carbonyl (C=O) groups excluding carboxylic acids is 1. The van der Waals surface area contributed by atoms with E-state index in [1.165, 1.54) is 17.8 Å². The topological polar surface area (TPSA) is 62.0 Å². The summed E-state index contributed by atoms with van der Waals surface area (Å²) in [4.78, 5) is 26.6. The number of rotatable bonds is 3. The van der Waals surface area contributed by atoms with E-state index in [9.17, 15) is 9.59 Å². The zero-order valence-corrected chi connectivity index (χ0v) is 11.8. The number of carbonyl (C=O) groups is 1. The average Bonchev–Trinajstić information content (AvgIpc) is 2.82. The molecule has 2 N–H and O–H groups in total. The van der Waals surface area contributed by atoms with Crippen LogP contribution in [0.4, 0.5) is 5.69 Å². The second kappa shape index (κ2) is 4.68. The van der Waals surface area contributed by atoms with Gasteiger partial charge in [-0.15, -0.1) is 0 Å². The zero-order chi connectivity index (χ0) is 14.2. The van der Waals surface area contributed by atoms with Gasteiger partial charge in [-0.3, -0.25) is 9.59 Å². The van der Waals surface area contributed by atoms with Crippen LogP contribution in [0, 0.1) is 17.3 Å². The molecule has 1 aliphatic rings. The normalized spacial score (nSPS) is 23.6. The Morgan fingerprint density at radius 2 is 2.11 bits per heavy atom. The SMILES string of the molecule is CC(C)=CC1C(C(=O)Nc2c[nH]ccc2=O)C1(C)C. The minimum Gasteiger partial charge on any atom is -0.366 e. The molecule has 0 aromatic carbocycles. The Bertz CT molecular complexity index is 580. The van der Waals surface area contributed by atoms with E-state index < -0.39 is 0 Å². The van der Waals surface area contributed by atoms with Crippen LogP contribution < -0.4 is 10.7 Å². The fraction of sp³-hybridized carbons (Fsp3) is 0.467. The van der Waals surface area contributed by atoms with Gasteiger partial charge in [0, 0.05) is 18.5 Å². The molecule has 4 nitrogen and oxygen atoms in total. The van der Waals surface area contributed by atoms with E-state index in [4.69, 9.17) is 0 Å². The van der Waals surface area contributed by atoms with Gasteiger partial charge in [-0.1, -0.05) is 25.5 Å². The molecule has 1 aromatic heterocycles. The van der Waals surface area contributed by atoms with Gasteiger partial charge >= 0.3 is 0 Å². The molecule has 0 bridgehead atoms. The highest BCUT2D eigenvalue weighted by atomic mass is 16.2. The van der Waals surface area contributed by atoms with Crippen LogP contribution in [0.25, 0.3) is 0 Å². The molecule has 2 rings (SSSR count). The predicted molar refractivity (Wildman–Crippen MR) is 75.9 cm³/mol. The first-order valence-electron chi connectivity index (χ1n) is 6.47. The molecule has 4 heteroatoms. The molecule has 2 unspecified atom stereocenters. The van der Waals surface area contributed by atoms with Gasteiger partial charge in [-0.2, -0.15) is 0 Å². The van der Waals surface area contributed by atoms with Gasteiger partial charge in [0.15, 0.2) is 0 Å². The Morgan fingerprint density at radius 1 is 1.42 bits per heavy atom. The third kappa shape index (κ3) is 2.62. The molecule has 1 heterocycles. The third-order valence-electron chi connectivity index (χ3n) is 3.79. The first kappa shape index (κ1) is 13.6. The summed E-state index contributed by atoms with van der Waals surface area (Å²) in [5.74, 6) is 0.103. The predicted octanol–water partition coefficient (Wildman–Crippen LogP) is 2.55. The van der Waals surface area contributed by atoms with Crippen molar-refractivity contribution in [2.24, 2.45) is 17.3 Å². The van der Waals surface area contributed by atoms with Crippen LogP contribution in [-0.2, 0) is 4.79 Å². The van der Waals surface area contributed by atoms with Crippen molar-refractivity contribution in [2.45, 2.75) is 27.7 Å². The lowest BCUT2D eigenvalue weighted by atomic mass is 10.1. The number of nitrogens with one attached hydrogen (secondary N) is 2. The highest BCUT2D eigenvalue weighted by Gasteiger charge is 2.60. The number of anilines is 1. The van der Waals surface area contributed by atoms with Crippen molar-refractivity contribution >= 4 is 11.6 Å². The molecule has 1 saturated carbocycles. The minimum absolute atomic E-state index is 0.0388. The van der Waals surface area contributed by atoms with Gasteiger partial charge in [0.2, 0.25) is 11.3 Å². The molecule has 1 aromatic rings. The van der Waals surface area contributed by atoms with Gasteiger partial charge in [0.25, 0.3) is 0 Å². The summed E-state index contributed by atoms with van der Waals surface area (Å²) in [6, 6.07) is 1.40. The highest BCUT2D eigenvalue weighted by molar-refractivity contribution is 5.95. The van der Waals surface area contributed by atoms with E-state index in [0.717, 1.165) is 0 Å². The van der Waals surface area contributed by atoms with Gasteiger partial charge in [-0.25, -0.2) is 0 Å². The summed E-state index contributed by atoms with van der Waals surface area (Å²) in [5.41, 5.74) is 1.31. The molecule has 0 saturated heterocycles. The van der Waals surface area contributed by atoms with E-state index in [0.29, 0.717) is 5.69 Å². The standard InChI is InChI=1S/C15H20N2O2/c1-9(2)7-10-13(15(10,3)4)14(19)17-11-8-16-6-5-12(11)18/h5-8,10,13H,1-4H3,(H,16,18)(H,17,19). The lowest BCUT2D eigenvalue weighted by Gasteiger charge is -2.04.